The van der Waals surface area contributed by atoms with Crippen molar-refractivity contribution >= 4 is 5.69 Å². The van der Waals surface area contributed by atoms with E-state index in [1.807, 2.05) is 18.3 Å². The molecule has 0 aliphatic heterocycles. The Morgan fingerprint density at radius 2 is 2.00 bits per heavy atom. The normalized spacial score (nSPS) is 10.0. The maximum atomic E-state index is 10.5. The molecule has 1 aromatic heterocycles. The van der Waals surface area contributed by atoms with Gasteiger partial charge in [0.25, 0.3) is 5.69 Å². The van der Waals surface area contributed by atoms with Crippen molar-refractivity contribution in [1.29, 1.82) is 0 Å². The molecule has 0 unspecified atom stereocenters. The maximum Gasteiger partial charge on any atom is 0.269 e. The van der Waals surface area contributed by atoms with Crippen LogP contribution in [0.1, 0.15) is 5.56 Å². The molecule has 1 heterocycles. The minimum absolute atomic E-state index is 0.106. The summed E-state index contributed by atoms with van der Waals surface area (Å²) in [6.07, 6.45) is 3.55. The molecule has 1 aromatic carbocycles. The van der Waals surface area contributed by atoms with E-state index in [1.54, 1.807) is 23.0 Å². The van der Waals surface area contributed by atoms with E-state index in [4.69, 9.17) is 0 Å². The molecule has 0 amide bonds. The molecule has 0 aliphatic rings. The second kappa shape index (κ2) is 4.48. The van der Waals surface area contributed by atoms with E-state index >= 15 is 0 Å². The van der Waals surface area contributed by atoms with Crippen LogP contribution in [0.15, 0.2) is 48.8 Å². The van der Waals surface area contributed by atoms with Crippen LogP contribution in [0.3, 0.4) is 0 Å². The minimum Gasteiger partial charge on any atom is -0.258 e. The Morgan fingerprint density at radius 1 is 1.25 bits per heavy atom. The predicted molar refractivity (Wildman–Crippen MR) is 56.6 cm³/mol. The van der Waals surface area contributed by atoms with Gasteiger partial charge in [-0.2, -0.15) is 0 Å². The number of benzene rings is 1. The van der Waals surface area contributed by atoms with E-state index in [0.29, 0.717) is 6.54 Å². The minimum atomic E-state index is -0.405. The Bertz CT molecular complexity index is 482. The number of hydrogen-bond acceptors (Lipinski definition) is 3. The van der Waals surface area contributed by atoms with Gasteiger partial charge in [-0.15, -0.1) is 0 Å². The van der Waals surface area contributed by atoms with E-state index in [1.165, 1.54) is 12.1 Å². The van der Waals surface area contributed by atoms with Crippen molar-refractivity contribution in [2.75, 3.05) is 0 Å². The molecule has 0 N–H and O–H groups in total. The maximum absolute atomic E-state index is 10.5. The molecule has 2 aromatic rings. The van der Waals surface area contributed by atoms with Crippen molar-refractivity contribution in [1.82, 2.24) is 5.10 Å². The molecule has 16 heavy (non-hydrogen) atoms. The highest BCUT2D eigenvalue weighted by atomic mass is 16.6. The number of nitro groups is 1. The lowest BCUT2D eigenvalue weighted by molar-refractivity contribution is -0.746. The number of hydrogen-bond donors (Lipinski definition) is 0. The Kier molecular flexibility index (Phi) is 2.86. The number of aromatic nitrogens is 2. The second-order valence-corrected chi connectivity index (χ2v) is 3.32. The Balaban J connectivity index is 2.14. The number of nitro benzene ring substituents is 1. The van der Waals surface area contributed by atoms with Gasteiger partial charge in [0.05, 0.1) is 11.1 Å². The molecule has 2 rings (SSSR count). The lowest BCUT2D eigenvalue weighted by atomic mass is 10.2. The van der Waals surface area contributed by atoms with Crippen molar-refractivity contribution < 1.29 is 9.61 Å². The third kappa shape index (κ3) is 2.38. The molecule has 0 atom stereocenters. The highest BCUT2D eigenvalue weighted by molar-refractivity contribution is 5.32. The third-order valence-corrected chi connectivity index (χ3v) is 2.16. The Morgan fingerprint density at radius 3 is 2.56 bits per heavy atom. The third-order valence-electron chi connectivity index (χ3n) is 2.16. The fraction of sp³-hybridized carbons (Fsp3) is 0.0909. The van der Waals surface area contributed by atoms with Gasteiger partial charge < -0.3 is 0 Å². The van der Waals surface area contributed by atoms with Crippen molar-refractivity contribution in [2.24, 2.45) is 0 Å². The zero-order valence-corrected chi connectivity index (χ0v) is 8.48. The van der Waals surface area contributed by atoms with E-state index in [0.717, 1.165) is 5.56 Å². The van der Waals surface area contributed by atoms with Crippen LogP contribution < -0.4 is 4.68 Å². The average molecular weight is 216 g/mol. The van der Waals surface area contributed by atoms with Gasteiger partial charge in [0, 0.05) is 23.8 Å². The SMILES string of the molecule is O=[N+]([O-])c1ccc(C[n+]2ccccn2)cc1. The lowest BCUT2D eigenvalue weighted by Gasteiger charge is -1.95. The molecule has 0 spiro atoms. The summed E-state index contributed by atoms with van der Waals surface area (Å²) >= 11 is 0. The Hall–Kier alpha value is -2.30. The summed E-state index contributed by atoms with van der Waals surface area (Å²) in [6, 6.07) is 10.2. The second-order valence-electron chi connectivity index (χ2n) is 3.32. The van der Waals surface area contributed by atoms with Crippen LogP contribution in [-0.4, -0.2) is 10.0 Å². The highest BCUT2D eigenvalue weighted by Crippen LogP contribution is 2.11. The van der Waals surface area contributed by atoms with Crippen LogP contribution in [0, 0.1) is 10.1 Å². The fourth-order valence-corrected chi connectivity index (χ4v) is 1.37. The average Bonchev–Trinajstić information content (AvgIpc) is 2.31. The molecular formula is C11H10N3O2+. The molecule has 0 radical (unpaired) electrons. The van der Waals surface area contributed by atoms with Crippen molar-refractivity contribution in [3.63, 3.8) is 0 Å². The zero-order chi connectivity index (χ0) is 11.4. The summed E-state index contributed by atoms with van der Waals surface area (Å²) in [5, 5.41) is 14.6. The summed E-state index contributed by atoms with van der Waals surface area (Å²) in [6.45, 7) is 0.610. The van der Waals surface area contributed by atoms with Gasteiger partial charge in [0.1, 0.15) is 0 Å². The van der Waals surface area contributed by atoms with Gasteiger partial charge in [0.15, 0.2) is 12.7 Å². The summed E-state index contributed by atoms with van der Waals surface area (Å²) < 4.78 is 1.77. The first-order chi connectivity index (χ1) is 7.75. The molecule has 80 valence electrons. The first kappa shape index (κ1) is 10.2. The van der Waals surface area contributed by atoms with Crippen LogP contribution in [0.4, 0.5) is 5.69 Å². The van der Waals surface area contributed by atoms with Crippen LogP contribution in [0.25, 0.3) is 0 Å². The molecule has 5 nitrogen and oxygen atoms in total. The summed E-state index contributed by atoms with van der Waals surface area (Å²) in [4.78, 5) is 10.1. The topological polar surface area (TPSA) is 59.9 Å². The largest absolute Gasteiger partial charge is 0.269 e. The first-order valence-electron chi connectivity index (χ1n) is 4.80. The summed E-state index contributed by atoms with van der Waals surface area (Å²) in [5.41, 5.74) is 1.09. The fourth-order valence-electron chi connectivity index (χ4n) is 1.37. The van der Waals surface area contributed by atoms with E-state index < -0.39 is 4.92 Å². The molecule has 0 saturated carbocycles. The van der Waals surface area contributed by atoms with Crippen molar-refractivity contribution in [3.8, 4) is 0 Å². The monoisotopic (exact) mass is 216 g/mol. The zero-order valence-electron chi connectivity index (χ0n) is 8.48. The standard InChI is InChI=1S/C11H10N3O2/c15-14(16)11-5-3-10(4-6-11)9-13-8-2-1-7-12-13/h1-8H,9H2/q+1. The van der Waals surface area contributed by atoms with E-state index in [2.05, 4.69) is 5.10 Å². The lowest BCUT2D eigenvalue weighted by Crippen LogP contribution is -2.37. The highest BCUT2D eigenvalue weighted by Gasteiger charge is 2.07. The summed E-state index contributed by atoms with van der Waals surface area (Å²) in [7, 11) is 0. The van der Waals surface area contributed by atoms with Crippen LogP contribution in [0.2, 0.25) is 0 Å². The van der Waals surface area contributed by atoms with Crippen molar-refractivity contribution in [3.05, 3.63) is 64.5 Å². The number of non-ortho nitro benzene ring substituents is 1. The molecule has 0 bridgehead atoms. The van der Waals surface area contributed by atoms with E-state index in [-0.39, 0.29) is 5.69 Å². The smallest absolute Gasteiger partial charge is 0.258 e. The first-order valence-corrected chi connectivity index (χ1v) is 4.80. The molecule has 0 fully saturated rings. The quantitative estimate of drug-likeness (QED) is 0.441. The predicted octanol–water partition coefficient (Wildman–Crippen LogP) is 1.33. The van der Waals surface area contributed by atoms with E-state index in [9.17, 15) is 10.1 Å². The van der Waals surface area contributed by atoms with Crippen LogP contribution in [0.5, 0.6) is 0 Å². The Labute approximate surface area is 92.1 Å². The molecule has 0 aliphatic carbocycles. The van der Waals surface area contributed by atoms with Gasteiger partial charge in [0.2, 0.25) is 0 Å². The van der Waals surface area contributed by atoms with Crippen molar-refractivity contribution in [2.45, 2.75) is 6.54 Å². The molecule has 5 heteroatoms. The molecule has 0 saturated heterocycles. The number of nitrogens with zero attached hydrogens (tertiary/aromatic N) is 3. The summed E-state index contributed by atoms with van der Waals surface area (Å²) in [5.74, 6) is 0. The number of rotatable bonds is 3. The van der Waals surface area contributed by atoms with Gasteiger partial charge in [-0.05, 0) is 23.3 Å². The van der Waals surface area contributed by atoms with Gasteiger partial charge in [-0.1, -0.05) is 4.68 Å². The van der Waals surface area contributed by atoms with Gasteiger partial charge in [-0.25, -0.2) is 0 Å². The van der Waals surface area contributed by atoms with Gasteiger partial charge >= 0.3 is 0 Å². The van der Waals surface area contributed by atoms with Crippen LogP contribution >= 0.6 is 0 Å². The molecular weight excluding hydrogens is 206 g/mol. The van der Waals surface area contributed by atoms with Crippen LogP contribution in [-0.2, 0) is 6.54 Å². The van der Waals surface area contributed by atoms with Gasteiger partial charge in [-0.3, -0.25) is 10.1 Å².